The number of nitrogens with zero attached hydrogens (tertiary/aromatic N) is 8. The van der Waals surface area contributed by atoms with Crippen LogP contribution < -0.4 is 10.9 Å². The SMILES string of the molecule is CC(C)(C)OC(=O)N1CCN(NC(=O)[C@@H]2CC[C@@H]3CN2C(=O)N3O)CC1.CC(C)(C)OC(=O)N1CCN(NC(=O)[C@@H]2CC[C@@H]3CN2C(=O)N3OCc2ccccc2)CC1. The van der Waals surface area contributed by atoms with Crippen LogP contribution in [-0.4, -0.2) is 182 Å². The first-order chi connectivity index (χ1) is 27.9. The van der Waals surface area contributed by atoms with Crippen LogP contribution in [0.15, 0.2) is 30.3 Å². The summed E-state index contributed by atoms with van der Waals surface area (Å²) >= 11 is 0. The molecular formula is C39H60N10O10. The summed E-state index contributed by atoms with van der Waals surface area (Å²) in [4.78, 5) is 86.8. The average Bonchev–Trinajstić information content (AvgIpc) is 3.55. The van der Waals surface area contributed by atoms with Gasteiger partial charge in [-0.1, -0.05) is 30.3 Å². The molecule has 0 aromatic heterocycles. The van der Waals surface area contributed by atoms with Crippen molar-refractivity contribution in [1.29, 1.82) is 0 Å². The maximum atomic E-state index is 13.0. The third kappa shape index (κ3) is 11.0. The summed E-state index contributed by atoms with van der Waals surface area (Å²) in [7, 11) is 0. The van der Waals surface area contributed by atoms with Crippen LogP contribution in [0.5, 0.6) is 0 Å². The minimum Gasteiger partial charge on any atom is -0.444 e. The molecule has 0 radical (unpaired) electrons. The van der Waals surface area contributed by atoms with Crippen LogP contribution in [0.25, 0.3) is 0 Å². The lowest BCUT2D eigenvalue weighted by molar-refractivity contribution is -0.140. The molecule has 6 aliphatic rings. The Kier molecular flexibility index (Phi) is 13.4. The second-order valence-electron chi connectivity index (χ2n) is 17.7. The van der Waals surface area contributed by atoms with Crippen LogP contribution >= 0.6 is 0 Å². The van der Waals surface area contributed by atoms with Crippen molar-refractivity contribution in [2.75, 3.05) is 65.4 Å². The Morgan fingerprint density at radius 1 is 0.644 bits per heavy atom. The molecule has 6 saturated heterocycles. The molecule has 3 N–H and O–H groups in total. The number of piperidine rings is 2. The van der Waals surface area contributed by atoms with Crippen LogP contribution in [0.1, 0.15) is 72.8 Å². The molecule has 4 atom stereocenters. The summed E-state index contributed by atoms with van der Waals surface area (Å²) in [6.07, 6.45) is 1.73. The number of piperazine rings is 2. The molecule has 0 saturated carbocycles. The Morgan fingerprint density at radius 3 is 1.56 bits per heavy atom. The van der Waals surface area contributed by atoms with E-state index < -0.39 is 29.3 Å². The van der Waals surface area contributed by atoms with E-state index in [9.17, 15) is 34.0 Å². The first-order valence-corrected chi connectivity index (χ1v) is 20.5. The lowest BCUT2D eigenvalue weighted by Crippen LogP contribution is -2.59. The fourth-order valence-electron chi connectivity index (χ4n) is 7.83. The maximum Gasteiger partial charge on any atom is 0.410 e. The maximum absolute atomic E-state index is 13.0. The molecule has 6 fully saturated rings. The molecule has 59 heavy (non-hydrogen) atoms. The van der Waals surface area contributed by atoms with Crippen LogP contribution in [-0.2, 0) is 30.5 Å². The van der Waals surface area contributed by atoms with Gasteiger partial charge in [0.05, 0.1) is 12.1 Å². The zero-order valence-electron chi connectivity index (χ0n) is 35.0. The van der Waals surface area contributed by atoms with E-state index in [1.165, 1.54) is 9.96 Å². The van der Waals surface area contributed by atoms with Crippen molar-refractivity contribution in [3.8, 4) is 0 Å². The van der Waals surface area contributed by atoms with E-state index >= 15 is 0 Å². The number of carbonyl (C=O) groups is 6. The van der Waals surface area contributed by atoms with E-state index in [0.29, 0.717) is 97.7 Å². The summed E-state index contributed by atoms with van der Waals surface area (Å²) in [5.74, 6) is -0.449. The van der Waals surface area contributed by atoms with Crippen LogP contribution in [0.2, 0.25) is 0 Å². The summed E-state index contributed by atoms with van der Waals surface area (Å²) in [6.45, 7) is 16.0. The second-order valence-corrected chi connectivity index (χ2v) is 17.7. The number of hydrogen-bond donors (Lipinski definition) is 3. The predicted octanol–water partition coefficient (Wildman–Crippen LogP) is 2.20. The standard InChI is InChI=1S/C23H33N5O5.C16H27N5O5/c1-23(2,3)33-22(31)25-11-13-26(14-12-25)24-20(29)19-10-9-18-15-27(19)21(30)28(18)32-16-17-7-5-4-6-8-17;1-16(2,3)26-15(24)18-6-8-19(9-7-18)17-13(22)12-5-4-11-10-20(12)14(23)21(11)25/h4-8,18-19H,9-16H2,1-3H3,(H,24,29);11-12,25H,4-10H2,1-3H3,(H,17,22)/t18-,19+;11-,12+/m11/s1. The minimum atomic E-state index is -0.570. The first-order valence-electron chi connectivity index (χ1n) is 20.5. The normalized spacial score (nSPS) is 25.1. The number of amides is 8. The zero-order chi connectivity index (χ0) is 42.6. The van der Waals surface area contributed by atoms with Gasteiger partial charge in [-0.15, -0.1) is 0 Å². The third-order valence-electron chi connectivity index (χ3n) is 10.9. The highest BCUT2D eigenvalue weighted by molar-refractivity contribution is 5.89. The number of nitrogens with one attached hydrogen (secondary N) is 2. The average molecular weight is 829 g/mol. The Balaban J connectivity index is 0.000000204. The Morgan fingerprint density at radius 2 is 1.08 bits per heavy atom. The first kappa shape index (κ1) is 43.7. The van der Waals surface area contributed by atoms with Gasteiger partial charge in [-0.25, -0.2) is 34.3 Å². The van der Waals surface area contributed by atoms with Crippen molar-refractivity contribution in [2.45, 2.75) is 109 Å². The fourth-order valence-corrected chi connectivity index (χ4v) is 7.83. The number of urea groups is 2. The van der Waals surface area contributed by atoms with Gasteiger partial charge in [0.2, 0.25) is 0 Å². The predicted molar refractivity (Wildman–Crippen MR) is 210 cm³/mol. The second kappa shape index (κ2) is 18.1. The number of hydroxylamine groups is 4. The smallest absolute Gasteiger partial charge is 0.410 e. The van der Waals surface area contributed by atoms with Crippen LogP contribution in [0, 0.1) is 0 Å². The number of rotatable bonds is 7. The van der Waals surface area contributed by atoms with Gasteiger partial charge < -0.3 is 29.1 Å². The van der Waals surface area contributed by atoms with Crippen LogP contribution in [0.4, 0.5) is 19.2 Å². The third-order valence-corrected chi connectivity index (χ3v) is 10.9. The molecule has 1 aromatic rings. The molecule has 0 unspecified atom stereocenters. The van der Waals surface area contributed by atoms with Crippen molar-refractivity contribution in [2.24, 2.45) is 0 Å². The van der Waals surface area contributed by atoms with E-state index in [1.54, 1.807) is 24.7 Å². The number of benzene rings is 1. The molecule has 0 spiro atoms. The summed E-state index contributed by atoms with van der Waals surface area (Å²) < 4.78 is 10.8. The van der Waals surface area contributed by atoms with E-state index in [1.807, 2.05) is 71.9 Å². The van der Waals surface area contributed by atoms with Crippen LogP contribution in [0.3, 0.4) is 0 Å². The van der Waals surface area contributed by atoms with E-state index in [-0.39, 0.29) is 42.1 Å². The molecule has 6 heterocycles. The van der Waals surface area contributed by atoms with E-state index in [0.717, 1.165) is 10.6 Å². The Hall–Kier alpha value is -4.92. The topological polar surface area (TPSA) is 200 Å². The van der Waals surface area contributed by atoms with Gasteiger partial charge in [0.15, 0.2) is 0 Å². The highest BCUT2D eigenvalue weighted by Crippen LogP contribution is 2.31. The number of ether oxygens (including phenoxy) is 2. The summed E-state index contributed by atoms with van der Waals surface area (Å²) in [5, 5.41) is 15.4. The monoisotopic (exact) mass is 828 g/mol. The molecule has 20 heteroatoms. The van der Waals surface area contributed by atoms with E-state index in [4.69, 9.17) is 14.3 Å². The van der Waals surface area contributed by atoms with Gasteiger partial charge in [0, 0.05) is 65.4 Å². The van der Waals surface area contributed by atoms with Crippen molar-refractivity contribution >= 4 is 36.1 Å². The summed E-state index contributed by atoms with van der Waals surface area (Å²) in [5.41, 5.74) is 5.68. The van der Waals surface area contributed by atoms with Gasteiger partial charge in [0.25, 0.3) is 11.8 Å². The van der Waals surface area contributed by atoms with Gasteiger partial charge >= 0.3 is 24.2 Å². The minimum absolute atomic E-state index is 0.0392. The molecule has 326 valence electrons. The molecule has 1 aromatic carbocycles. The molecule has 6 aliphatic heterocycles. The van der Waals surface area contributed by atoms with Gasteiger partial charge in [-0.05, 0) is 72.8 Å². The van der Waals surface area contributed by atoms with Crippen molar-refractivity contribution in [1.82, 2.24) is 50.6 Å². The zero-order valence-corrected chi connectivity index (χ0v) is 35.0. The number of hydrazine groups is 2. The highest BCUT2D eigenvalue weighted by Gasteiger charge is 2.49. The van der Waals surface area contributed by atoms with Crippen molar-refractivity contribution in [3.05, 3.63) is 35.9 Å². The lowest BCUT2D eigenvalue weighted by atomic mass is 10.0. The molecule has 0 aliphatic carbocycles. The van der Waals surface area contributed by atoms with Gasteiger partial charge in [0.1, 0.15) is 29.9 Å². The largest absolute Gasteiger partial charge is 0.444 e. The molecule has 8 amide bonds. The number of hydrogen-bond acceptors (Lipinski definition) is 12. The van der Waals surface area contributed by atoms with Gasteiger partial charge in [-0.2, -0.15) is 5.06 Å². The van der Waals surface area contributed by atoms with Gasteiger partial charge in [-0.3, -0.25) is 30.5 Å². The molecule has 7 rings (SSSR count). The quantitative estimate of drug-likeness (QED) is 0.339. The Bertz CT molecular complexity index is 1690. The van der Waals surface area contributed by atoms with Crippen molar-refractivity contribution < 1.29 is 48.3 Å². The number of carbonyl (C=O) groups excluding carboxylic acids is 6. The molecule has 4 bridgehead atoms. The van der Waals surface area contributed by atoms with Crippen molar-refractivity contribution in [3.63, 3.8) is 0 Å². The molecular weight excluding hydrogens is 768 g/mol. The lowest BCUT2D eigenvalue weighted by Gasteiger charge is -2.37. The highest BCUT2D eigenvalue weighted by atomic mass is 16.7. The fraction of sp³-hybridized carbons (Fsp3) is 0.692. The Labute approximate surface area is 345 Å². The summed E-state index contributed by atoms with van der Waals surface area (Å²) in [6, 6.07) is 7.57. The van der Waals surface area contributed by atoms with E-state index in [2.05, 4.69) is 10.9 Å². The molecule has 20 nitrogen and oxygen atoms in total. The number of fused-ring (bicyclic) bond motifs is 4.